The van der Waals surface area contributed by atoms with Crippen LogP contribution in [0.4, 0.5) is 14.5 Å². The largest absolute Gasteiger partial charge is 0.352 e. The molecule has 0 radical (unpaired) electrons. The van der Waals surface area contributed by atoms with Gasteiger partial charge in [0.15, 0.2) is 0 Å². The van der Waals surface area contributed by atoms with Crippen LogP contribution in [0.15, 0.2) is 42.5 Å². The predicted octanol–water partition coefficient (Wildman–Crippen LogP) is 2.92. The van der Waals surface area contributed by atoms with Crippen molar-refractivity contribution in [3.63, 3.8) is 0 Å². The van der Waals surface area contributed by atoms with Crippen molar-refractivity contribution >= 4 is 17.5 Å². The molecule has 0 unspecified atom stereocenters. The number of benzene rings is 2. The zero-order valence-corrected chi connectivity index (χ0v) is 12.5. The number of anilines is 1. The number of amides is 2. The van der Waals surface area contributed by atoms with Crippen LogP contribution in [0, 0.1) is 18.6 Å². The molecule has 0 bridgehead atoms. The Morgan fingerprint density at radius 1 is 1.04 bits per heavy atom. The van der Waals surface area contributed by atoms with Crippen LogP contribution >= 0.6 is 0 Å². The summed E-state index contributed by atoms with van der Waals surface area (Å²) in [6.45, 7) is 2.24. The summed E-state index contributed by atoms with van der Waals surface area (Å²) in [5.41, 5.74) is 1.83. The molecule has 4 nitrogen and oxygen atoms in total. The second kappa shape index (κ2) is 7.49. The highest BCUT2D eigenvalue weighted by molar-refractivity contribution is 6.03. The van der Waals surface area contributed by atoms with Crippen LogP contribution in [-0.2, 0) is 16.1 Å². The third kappa shape index (κ3) is 5.18. The summed E-state index contributed by atoms with van der Waals surface area (Å²) in [7, 11) is 0. The van der Waals surface area contributed by atoms with E-state index in [4.69, 9.17) is 0 Å². The molecule has 23 heavy (non-hydrogen) atoms. The number of rotatable bonds is 5. The molecule has 2 N–H and O–H groups in total. The van der Waals surface area contributed by atoms with Crippen LogP contribution in [0.5, 0.6) is 0 Å². The quantitative estimate of drug-likeness (QED) is 0.833. The molecule has 2 rings (SSSR count). The van der Waals surface area contributed by atoms with Gasteiger partial charge in [0, 0.05) is 12.6 Å². The lowest BCUT2D eigenvalue weighted by Gasteiger charge is -2.08. The Hall–Kier alpha value is -2.76. The van der Waals surface area contributed by atoms with Gasteiger partial charge < -0.3 is 10.6 Å². The molecule has 0 heterocycles. The Labute approximate surface area is 132 Å². The molecule has 0 saturated carbocycles. The molecule has 0 aromatic heterocycles. The standard InChI is InChI=1S/C17H16F2N2O2/c1-11-3-2-4-12(7-11)10-20-16(22)9-17(23)21-15-6-5-13(18)8-14(15)19/h2-8H,9-10H2,1H3,(H,20,22)(H,21,23). The number of hydrogen-bond donors (Lipinski definition) is 2. The highest BCUT2D eigenvalue weighted by Crippen LogP contribution is 2.15. The van der Waals surface area contributed by atoms with Crippen LogP contribution in [0.2, 0.25) is 0 Å². The van der Waals surface area contributed by atoms with Gasteiger partial charge in [0.2, 0.25) is 11.8 Å². The molecule has 0 aliphatic heterocycles. The van der Waals surface area contributed by atoms with Gasteiger partial charge in [0.1, 0.15) is 18.1 Å². The maximum absolute atomic E-state index is 13.4. The Morgan fingerprint density at radius 3 is 2.52 bits per heavy atom. The van der Waals surface area contributed by atoms with Crippen molar-refractivity contribution in [1.82, 2.24) is 5.32 Å². The molecule has 6 heteroatoms. The number of aryl methyl sites for hydroxylation is 1. The van der Waals surface area contributed by atoms with E-state index in [1.54, 1.807) is 0 Å². The highest BCUT2D eigenvalue weighted by atomic mass is 19.1. The van der Waals surface area contributed by atoms with Crippen molar-refractivity contribution in [3.05, 3.63) is 65.2 Å². The van der Waals surface area contributed by atoms with Crippen LogP contribution < -0.4 is 10.6 Å². The molecular formula is C17H16F2N2O2. The van der Waals surface area contributed by atoms with E-state index in [1.165, 1.54) is 0 Å². The number of carbonyl (C=O) groups excluding carboxylic acids is 2. The fraction of sp³-hybridized carbons (Fsp3) is 0.176. The summed E-state index contributed by atoms with van der Waals surface area (Å²) in [6, 6.07) is 10.4. The Morgan fingerprint density at radius 2 is 1.83 bits per heavy atom. The van der Waals surface area contributed by atoms with Crippen molar-refractivity contribution in [2.45, 2.75) is 19.9 Å². The molecule has 0 atom stereocenters. The van der Waals surface area contributed by atoms with E-state index in [0.717, 1.165) is 23.3 Å². The van der Waals surface area contributed by atoms with Gasteiger partial charge in [0.25, 0.3) is 0 Å². The van der Waals surface area contributed by atoms with Gasteiger partial charge >= 0.3 is 0 Å². The average molecular weight is 318 g/mol. The van der Waals surface area contributed by atoms with Crippen LogP contribution in [0.3, 0.4) is 0 Å². The minimum Gasteiger partial charge on any atom is -0.352 e. The molecular weight excluding hydrogens is 302 g/mol. The van der Waals surface area contributed by atoms with E-state index in [-0.39, 0.29) is 5.69 Å². The number of nitrogens with one attached hydrogen (secondary N) is 2. The first-order valence-corrected chi connectivity index (χ1v) is 7.01. The van der Waals surface area contributed by atoms with Crippen molar-refractivity contribution in [3.8, 4) is 0 Å². The van der Waals surface area contributed by atoms with Gasteiger partial charge in [-0.1, -0.05) is 29.8 Å². The summed E-state index contributed by atoms with van der Waals surface area (Å²) in [5, 5.41) is 4.85. The van der Waals surface area contributed by atoms with Crippen molar-refractivity contribution in [2.75, 3.05) is 5.32 Å². The molecule has 0 aliphatic carbocycles. The van der Waals surface area contributed by atoms with Crippen LogP contribution in [0.1, 0.15) is 17.5 Å². The summed E-state index contributed by atoms with van der Waals surface area (Å²) in [6.07, 6.45) is -0.442. The fourth-order valence-corrected chi connectivity index (χ4v) is 2.02. The Kier molecular flexibility index (Phi) is 5.41. The van der Waals surface area contributed by atoms with Gasteiger partial charge in [-0.2, -0.15) is 0 Å². The topological polar surface area (TPSA) is 58.2 Å². The van der Waals surface area contributed by atoms with Crippen LogP contribution in [-0.4, -0.2) is 11.8 Å². The van der Waals surface area contributed by atoms with Crippen molar-refractivity contribution in [2.24, 2.45) is 0 Å². The lowest BCUT2D eigenvalue weighted by molar-refractivity contribution is -0.126. The van der Waals surface area contributed by atoms with E-state index in [0.29, 0.717) is 12.6 Å². The van der Waals surface area contributed by atoms with E-state index in [1.807, 2.05) is 31.2 Å². The van der Waals surface area contributed by atoms with Crippen molar-refractivity contribution in [1.29, 1.82) is 0 Å². The van der Waals surface area contributed by atoms with Gasteiger partial charge in [-0.3, -0.25) is 9.59 Å². The molecule has 2 amide bonds. The molecule has 0 saturated heterocycles. The molecule has 0 fully saturated rings. The van der Waals surface area contributed by atoms with E-state index in [2.05, 4.69) is 10.6 Å². The zero-order chi connectivity index (χ0) is 16.8. The van der Waals surface area contributed by atoms with Crippen molar-refractivity contribution < 1.29 is 18.4 Å². The van der Waals surface area contributed by atoms with Gasteiger partial charge in [-0.05, 0) is 24.6 Å². The molecule has 120 valence electrons. The lowest BCUT2D eigenvalue weighted by Crippen LogP contribution is -2.28. The Bertz CT molecular complexity index is 732. The second-order valence-corrected chi connectivity index (χ2v) is 5.11. The monoisotopic (exact) mass is 318 g/mol. The normalized spacial score (nSPS) is 10.2. The maximum Gasteiger partial charge on any atom is 0.233 e. The smallest absolute Gasteiger partial charge is 0.233 e. The molecule has 0 aliphatic rings. The summed E-state index contributed by atoms with van der Waals surface area (Å²) >= 11 is 0. The third-order valence-electron chi connectivity index (χ3n) is 3.10. The summed E-state index contributed by atoms with van der Waals surface area (Å²) < 4.78 is 26.2. The first-order valence-electron chi connectivity index (χ1n) is 7.01. The minimum atomic E-state index is -0.890. The number of hydrogen-bond acceptors (Lipinski definition) is 2. The van der Waals surface area contributed by atoms with Gasteiger partial charge in [-0.15, -0.1) is 0 Å². The van der Waals surface area contributed by atoms with Gasteiger partial charge in [0.05, 0.1) is 5.69 Å². The lowest BCUT2D eigenvalue weighted by atomic mass is 10.1. The molecule has 0 spiro atoms. The maximum atomic E-state index is 13.4. The van der Waals surface area contributed by atoms with Crippen LogP contribution in [0.25, 0.3) is 0 Å². The average Bonchev–Trinajstić information content (AvgIpc) is 2.48. The highest BCUT2D eigenvalue weighted by Gasteiger charge is 2.12. The number of halogens is 2. The molecule has 2 aromatic rings. The number of carbonyl (C=O) groups is 2. The van der Waals surface area contributed by atoms with E-state index >= 15 is 0 Å². The first-order chi connectivity index (χ1) is 10.9. The van der Waals surface area contributed by atoms with E-state index in [9.17, 15) is 18.4 Å². The SMILES string of the molecule is Cc1cccc(CNC(=O)CC(=O)Nc2ccc(F)cc2F)c1. The predicted molar refractivity (Wildman–Crippen MR) is 82.6 cm³/mol. The third-order valence-corrected chi connectivity index (χ3v) is 3.10. The summed E-state index contributed by atoms with van der Waals surface area (Å²) in [5.74, 6) is -2.78. The molecule has 2 aromatic carbocycles. The fourth-order valence-electron chi connectivity index (χ4n) is 2.02. The summed E-state index contributed by atoms with van der Waals surface area (Å²) in [4.78, 5) is 23.4. The first kappa shape index (κ1) is 16.6. The second-order valence-electron chi connectivity index (χ2n) is 5.11. The minimum absolute atomic E-state index is 0.164. The zero-order valence-electron chi connectivity index (χ0n) is 12.5. The Balaban J connectivity index is 1.84. The van der Waals surface area contributed by atoms with Gasteiger partial charge in [-0.25, -0.2) is 8.78 Å². The van der Waals surface area contributed by atoms with E-state index < -0.39 is 29.9 Å².